The molecule has 5 rings (SSSR count). The zero-order valence-corrected chi connectivity index (χ0v) is 15.5. The zero-order chi connectivity index (χ0) is 18.9. The number of piperidine rings is 1. The van der Waals surface area contributed by atoms with E-state index in [1.165, 1.54) is 0 Å². The summed E-state index contributed by atoms with van der Waals surface area (Å²) in [5.74, 6) is 1.30. The Morgan fingerprint density at radius 1 is 1.07 bits per heavy atom. The average molecular weight is 371 g/mol. The number of likely N-dealkylation sites (tertiary alicyclic amines) is 1. The molecule has 0 N–H and O–H groups in total. The maximum atomic E-state index is 13.0. The number of carbonyl (C=O) groups is 1. The van der Waals surface area contributed by atoms with Gasteiger partial charge < -0.3 is 4.90 Å². The number of aromatic nitrogens is 4. The first kappa shape index (κ1) is 16.9. The van der Waals surface area contributed by atoms with Crippen molar-refractivity contribution in [3.05, 3.63) is 72.3 Å². The Labute approximate surface area is 162 Å². The fraction of sp³-hybridized carbons (Fsp3) is 0.273. The van der Waals surface area contributed by atoms with Crippen LogP contribution in [0.4, 0.5) is 0 Å². The van der Waals surface area contributed by atoms with Crippen LogP contribution in [0.15, 0.2) is 60.9 Å². The highest BCUT2D eigenvalue weighted by Crippen LogP contribution is 2.27. The van der Waals surface area contributed by atoms with Crippen molar-refractivity contribution in [1.82, 2.24) is 24.5 Å². The number of rotatable bonds is 3. The molecule has 1 saturated heterocycles. The van der Waals surface area contributed by atoms with E-state index in [1.807, 2.05) is 64.0 Å². The summed E-state index contributed by atoms with van der Waals surface area (Å²) < 4.78 is 2.03. The van der Waals surface area contributed by atoms with E-state index < -0.39 is 0 Å². The molecule has 1 fully saturated rings. The summed E-state index contributed by atoms with van der Waals surface area (Å²) in [6.45, 7) is 1.48. The van der Waals surface area contributed by atoms with Gasteiger partial charge in [0.25, 0.3) is 0 Å². The quantitative estimate of drug-likeness (QED) is 0.555. The molecule has 0 spiro atoms. The molecule has 1 aromatic carbocycles. The summed E-state index contributed by atoms with van der Waals surface area (Å²) in [5.41, 5.74) is 2.75. The van der Waals surface area contributed by atoms with Crippen molar-refractivity contribution >= 4 is 22.5 Å². The first-order valence-electron chi connectivity index (χ1n) is 9.69. The van der Waals surface area contributed by atoms with Crippen LogP contribution in [-0.2, 0) is 11.2 Å². The van der Waals surface area contributed by atoms with Crippen molar-refractivity contribution in [3.63, 3.8) is 0 Å². The van der Waals surface area contributed by atoms with E-state index in [0.717, 1.165) is 47.3 Å². The van der Waals surface area contributed by atoms with Gasteiger partial charge in [0.1, 0.15) is 5.82 Å². The van der Waals surface area contributed by atoms with E-state index in [-0.39, 0.29) is 11.8 Å². The monoisotopic (exact) mass is 371 g/mol. The van der Waals surface area contributed by atoms with Gasteiger partial charge in [-0.2, -0.15) is 0 Å². The van der Waals surface area contributed by atoms with E-state index in [9.17, 15) is 4.79 Å². The van der Waals surface area contributed by atoms with E-state index in [4.69, 9.17) is 0 Å². The second-order valence-electron chi connectivity index (χ2n) is 7.33. The van der Waals surface area contributed by atoms with E-state index in [0.29, 0.717) is 13.0 Å². The number of fused-ring (bicyclic) bond motifs is 2. The molecule has 1 aliphatic rings. The minimum absolute atomic E-state index is 0.150. The van der Waals surface area contributed by atoms with E-state index in [2.05, 4.69) is 15.2 Å². The second kappa shape index (κ2) is 7.03. The lowest BCUT2D eigenvalue weighted by molar-refractivity contribution is -0.131. The van der Waals surface area contributed by atoms with Crippen molar-refractivity contribution < 1.29 is 4.79 Å². The molecule has 0 bridgehead atoms. The van der Waals surface area contributed by atoms with Crippen molar-refractivity contribution in [2.24, 2.45) is 0 Å². The molecule has 1 aliphatic heterocycles. The zero-order valence-electron chi connectivity index (χ0n) is 15.5. The maximum Gasteiger partial charge on any atom is 0.227 e. The lowest BCUT2D eigenvalue weighted by atomic mass is 9.96. The summed E-state index contributed by atoms with van der Waals surface area (Å²) >= 11 is 0. The third-order valence-electron chi connectivity index (χ3n) is 5.54. The maximum absolute atomic E-state index is 13.0. The molecule has 4 aromatic rings. The van der Waals surface area contributed by atoms with Crippen molar-refractivity contribution in [1.29, 1.82) is 0 Å². The molecular formula is C22H21N5O. The normalized spacial score (nSPS) is 17.3. The predicted molar refractivity (Wildman–Crippen MR) is 107 cm³/mol. The third-order valence-corrected chi connectivity index (χ3v) is 5.54. The largest absolute Gasteiger partial charge is 0.342 e. The summed E-state index contributed by atoms with van der Waals surface area (Å²) in [6, 6.07) is 15.9. The second-order valence-corrected chi connectivity index (χ2v) is 7.33. The highest BCUT2D eigenvalue weighted by Gasteiger charge is 2.28. The van der Waals surface area contributed by atoms with E-state index >= 15 is 0 Å². The molecule has 0 radical (unpaired) electrons. The highest BCUT2D eigenvalue weighted by atomic mass is 16.2. The first-order valence-corrected chi connectivity index (χ1v) is 9.69. The summed E-state index contributed by atoms with van der Waals surface area (Å²) in [6.07, 6.45) is 6.15. The standard InChI is InChI=1S/C22H21N5O/c28-20(14-17-7-3-6-16-8-4-11-23-21(16)17)26-12-5-9-18(15-26)22-25-24-19-10-1-2-13-27(19)22/h1-4,6-8,10-11,13,18H,5,9,12,14-15H2. The Balaban J connectivity index is 1.37. The molecule has 0 aliphatic carbocycles. The van der Waals surface area contributed by atoms with Crippen molar-refractivity contribution in [2.75, 3.05) is 13.1 Å². The lowest BCUT2D eigenvalue weighted by Crippen LogP contribution is -2.40. The van der Waals surface area contributed by atoms with Crippen LogP contribution in [0.5, 0.6) is 0 Å². The Morgan fingerprint density at radius 2 is 2.00 bits per heavy atom. The van der Waals surface area contributed by atoms with Gasteiger partial charge in [0.15, 0.2) is 5.65 Å². The van der Waals surface area contributed by atoms with Crippen LogP contribution in [0.2, 0.25) is 0 Å². The fourth-order valence-corrected chi connectivity index (χ4v) is 4.14. The van der Waals surface area contributed by atoms with Crippen LogP contribution in [0.3, 0.4) is 0 Å². The number of pyridine rings is 2. The predicted octanol–water partition coefficient (Wildman–Crippen LogP) is 3.23. The Hall–Kier alpha value is -3.28. The minimum atomic E-state index is 0.150. The fourth-order valence-electron chi connectivity index (χ4n) is 4.14. The van der Waals surface area contributed by atoms with Crippen molar-refractivity contribution in [2.45, 2.75) is 25.2 Å². The molecule has 28 heavy (non-hydrogen) atoms. The van der Waals surface area contributed by atoms with Crippen molar-refractivity contribution in [3.8, 4) is 0 Å². The van der Waals surface area contributed by atoms with Gasteiger partial charge in [-0.1, -0.05) is 30.3 Å². The number of hydrogen-bond acceptors (Lipinski definition) is 4. The van der Waals surface area contributed by atoms with Gasteiger partial charge in [0.05, 0.1) is 11.9 Å². The van der Waals surface area contributed by atoms with Gasteiger partial charge in [-0.15, -0.1) is 10.2 Å². The molecule has 4 heterocycles. The molecule has 6 nitrogen and oxygen atoms in total. The molecule has 1 unspecified atom stereocenters. The molecule has 3 aromatic heterocycles. The number of hydrogen-bond donors (Lipinski definition) is 0. The molecule has 1 atom stereocenters. The SMILES string of the molecule is O=C(Cc1cccc2cccnc12)N1CCCC(c2nnc3ccccn23)C1. The number of para-hydroxylation sites is 1. The van der Waals surface area contributed by atoms with Gasteiger partial charge in [0.2, 0.25) is 5.91 Å². The molecule has 1 amide bonds. The van der Waals surface area contributed by atoms with Gasteiger partial charge in [-0.05, 0) is 36.6 Å². The molecular weight excluding hydrogens is 350 g/mol. The lowest BCUT2D eigenvalue weighted by Gasteiger charge is -2.32. The smallest absolute Gasteiger partial charge is 0.227 e. The van der Waals surface area contributed by atoms with Crippen LogP contribution in [0, 0.1) is 0 Å². The molecule has 0 saturated carbocycles. The van der Waals surface area contributed by atoms with Crippen LogP contribution in [-0.4, -0.2) is 43.5 Å². The topological polar surface area (TPSA) is 63.4 Å². The summed E-state index contributed by atoms with van der Waals surface area (Å²) in [5, 5.41) is 9.74. The molecule has 6 heteroatoms. The van der Waals surface area contributed by atoms with Crippen LogP contribution < -0.4 is 0 Å². The molecule has 140 valence electrons. The number of amides is 1. The van der Waals surface area contributed by atoms with Crippen LogP contribution in [0.25, 0.3) is 16.6 Å². The Morgan fingerprint density at radius 3 is 2.96 bits per heavy atom. The Kier molecular flexibility index (Phi) is 4.24. The van der Waals surface area contributed by atoms with Crippen LogP contribution >= 0.6 is 0 Å². The first-order chi connectivity index (χ1) is 13.8. The van der Waals surface area contributed by atoms with Gasteiger partial charge in [-0.3, -0.25) is 14.2 Å². The number of carbonyl (C=O) groups excluding carboxylic acids is 1. The third kappa shape index (κ3) is 3.01. The Bertz CT molecular complexity index is 1150. The van der Waals surface area contributed by atoms with Crippen LogP contribution in [0.1, 0.15) is 30.1 Å². The van der Waals surface area contributed by atoms with Gasteiger partial charge in [-0.25, -0.2) is 0 Å². The van der Waals surface area contributed by atoms with Gasteiger partial charge >= 0.3 is 0 Å². The van der Waals surface area contributed by atoms with Gasteiger partial charge in [0, 0.05) is 36.8 Å². The minimum Gasteiger partial charge on any atom is -0.342 e. The number of benzene rings is 1. The highest BCUT2D eigenvalue weighted by molar-refractivity contribution is 5.87. The van der Waals surface area contributed by atoms with E-state index in [1.54, 1.807) is 6.20 Å². The summed E-state index contributed by atoms with van der Waals surface area (Å²) in [4.78, 5) is 19.5. The number of nitrogens with zero attached hydrogens (tertiary/aromatic N) is 5. The average Bonchev–Trinajstić information content (AvgIpc) is 3.18. The summed E-state index contributed by atoms with van der Waals surface area (Å²) in [7, 11) is 0.